The van der Waals surface area contributed by atoms with Crippen molar-refractivity contribution in [3.63, 3.8) is 0 Å². The number of hydrogen-bond acceptors (Lipinski definition) is 8. The topological polar surface area (TPSA) is 138 Å². The van der Waals surface area contributed by atoms with Gasteiger partial charge in [0.05, 0.1) is 21.9 Å². The van der Waals surface area contributed by atoms with E-state index in [0.717, 1.165) is 17.3 Å². The third-order valence-electron chi connectivity index (χ3n) is 4.86. The zero-order valence-corrected chi connectivity index (χ0v) is 20.7. The van der Waals surface area contributed by atoms with Crippen LogP contribution in [0, 0.1) is 18.3 Å². The number of nitrogens with zero attached hydrogens (tertiary/aromatic N) is 4. The molecule has 1 amide bonds. The molecule has 4 rings (SSSR count). The molecule has 2 aromatic heterocycles. The smallest absolute Gasteiger partial charge is 0.264 e. The Bertz CT molecular complexity index is 1540. The summed E-state index contributed by atoms with van der Waals surface area (Å²) in [5.74, 6) is -0.324. The second-order valence-corrected chi connectivity index (χ2v) is 10.2. The Morgan fingerprint density at radius 2 is 1.75 bits per heavy atom. The number of aromatic nitrogens is 3. The van der Waals surface area contributed by atoms with Crippen LogP contribution in [0.3, 0.4) is 0 Å². The highest BCUT2D eigenvalue weighted by Gasteiger charge is 2.16. The highest BCUT2D eigenvalue weighted by atomic mass is 32.2. The molecule has 36 heavy (non-hydrogen) atoms. The number of carbonyl (C=O) groups is 1. The molecular weight excluding hydrogens is 496 g/mol. The minimum atomic E-state index is -3.89. The van der Waals surface area contributed by atoms with Crippen LogP contribution in [-0.4, -0.2) is 35.0 Å². The van der Waals surface area contributed by atoms with Gasteiger partial charge in [0.15, 0.2) is 0 Å². The SMILES string of the molecule is Cc1ccnc(NS(=O)(=O)c2ccc(NC(=O)CSc3nc(-c4ccccc4)ccc3C#N)cc2)n1. The van der Waals surface area contributed by atoms with Crippen LogP contribution >= 0.6 is 11.8 Å². The first kappa shape index (κ1) is 24.8. The number of nitrogens with one attached hydrogen (secondary N) is 2. The maximum Gasteiger partial charge on any atom is 0.264 e. The molecule has 0 fully saturated rings. The van der Waals surface area contributed by atoms with Gasteiger partial charge in [-0.1, -0.05) is 42.1 Å². The van der Waals surface area contributed by atoms with Crippen LogP contribution in [-0.2, 0) is 14.8 Å². The minimum absolute atomic E-state index is 0.000527. The largest absolute Gasteiger partial charge is 0.325 e. The Balaban J connectivity index is 1.39. The van der Waals surface area contributed by atoms with Crippen LogP contribution in [0.15, 0.2) is 88.9 Å². The lowest BCUT2D eigenvalue weighted by molar-refractivity contribution is -0.113. The van der Waals surface area contributed by atoms with Gasteiger partial charge < -0.3 is 5.32 Å². The number of aryl methyl sites for hydroxylation is 1. The zero-order valence-electron chi connectivity index (χ0n) is 19.0. The lowest BCUT2D eigenvalue weighted by Gasteiger charge is -2.09. The van der Waals surface area contributed by atoms with Crippen molar-refractivity contribution in [3.05, 3.63) is 90.3 Å². The fourth-order valence-corrected chi connectivity index (χ4v) is 4.85. The number of benzene rings is 2. The lowest BCUT2D eigenvalue weighted by Crippen LogP contribution is -2.16. The molecule has 0 radical (unpaired) electrons. The maximum atomic E-state index is 12.6. The number of hydrogen-bond donors (Lipinski definition) is 2. The predicted molar refractivity (Wildman–Crippen MR) is 138 cm³/mol. The van der Waals surface area contributed by atoms with Gasteiger partial charge in [-0.25, -0.2) is 28.1 Å². The third-order valence-corrected chi connectivity index (χ3v) is 7.19. The first-order valence-electron chi connectivity index (χ1n) is 10.7. The molecule has 0 saturated heterocycles. The Morgan fingerprint density at radius 3 is 2.44 bits per heavy atom. The van der Waals surface area contributed by atoms with E-state index in [1.54, 1.807) is 25.1 Å². The molecule has 0 spiro atoms. The highest BCUT2D eigenvalue weighted by Crippen LogP contribution is 2.25. The van der Waals surface area contributed by atoms with Crippen LogP contribution in [0.25, 0.3) is 11.3 Å². The van der Waals surface area contributed by atoms with Crippen LogP contribution < -0.4 is 10.0 Å². The van der Waals surface area contributed by atoms with E-state index in [2.05, 4.69) is 31.1 Å². The summed E-state index contributed by atoms with van der Waals surface area (Å²) in [4.78, 5) is 25.0. The molecule has 180 valence electrons. The van der Waals surface area contributed by atoms with E-state index in [-0.39, 0.29) is 22.5 Å². The molecule has 4 aromatic rings. The standard InChI is InChI=1S/C25H20N6O3S2/c1-17-13-14-27-25(28-17)31-36(33,34)21-10-8-20(9-11-21)29-23(32)16-35-24-19(15-26)7-12-22(30-24)18-5-3-2-4-6-18/h2-14H,16H2,1H3,(H,29,32)(H,27,28,31). The second-order valence-electron chi connectivity index (χ2n) is 7.52. The maximum absolute atomic E-state index is 12.6. The van der Waals surface area contributed by atoms with Crippen molar-refractivity contribution in [1.29, 1.82) is 5.26 Å². The van der Waals surface area contributed by atoms with Gasteiger partial charge in [0, 0.05) is 23.1 Å². The van der Waals surface area contributed by atoms with Crippen molar-refractivity contribution in [2.75, 3.05) is 15.8 Å². The van der Waals surface area contributed by atoms with Crippen molar-refractivity contribution in [2.45, 2.75) is 16.8 Å². The Kier molecular flexibility index (Phi) is 7.58. The predicted octanol–water partition coefficient (Wildman–Crippen LogP) is 4.25. The average molecular weight is 517 g/mol. The molecule has 9 nitrogen and oxygen atoms in total. The molecule has 0 unspecified atom stereocenters. The zero-order chi connectivity index (χ0) is 25.5. The van der Waals surface area contributed by atoms with Gasteiger partial charge >= 0.3 is 0 Å². The molecule has 2 N–H and O–H groups in total. The third kappa shape index (κ3) is 6.24. The molecule has 0 saturated carbocycles. The average Bonchev–Trinajstić information content (AvgIpc) is 2.88. The van der Waals surface area contributed by atoms with Gasteiger partial charge in [-0.05, 0) is 49.4 Å². The van der Waals surface area contributed by atoms with Gasteiger partial charge in [-0.2, -0.15) is 5.26 Å². The van der Waals surface area contributed by atoms with Crippen molar-refractivity contribution < 1.29 is 13.2 Å². The fraction of sp³-hybridized carbons (Fsp3) is 0.0800. The molecule has 0 aliphatic rings. The van der Waals surface area contributed by atoms with Crippen LogP contribution in [0.5, 0.6) is 0 Å². The highest BCUT2D eigenvalue weighted by molar-refractivity contribution is 8.00. The van der Waals surface area contributed by atoms with Crippen LogP contribution in [0.1, 0.15) is 11.3 Å². The molecule has 0 atom stereocenters. The monoisotopic (exact) mass is 516 g/mol. The molecule has 0 aliphatic carbocycles. The summed E-state index contributed by atoms with van der Waals surface area (Å²) >= 11 is 1.15. The van der Waals surface area contributed by atoms with Gasteiger partial charge in [-0.15, -0.1) is 0 Å². The number of sulfonamides is 1. The van der Waals surface area contributed by atoms with Crippen molar-refractivity contribution in [3.8, 4) is 17.3 Å². The van der Waals surface area contributed by atoms with E-state index in [4.69, 9.17) is 0 Å². The molecule has 2 heterocycles. The van der Waals surface area contributed by atoms with Crippen molar-refractivity contribution in [1.82, 2.24) is 15.0 Å². The second kappa shape index (κ2) is 11.0. The number of thioether (sulfide) groups is 1. The summed E-state index contributed by atoms with van der Waals surface area (Å²) in [6, 6.07) is 22.5. The van der Waals surface area contributed by atoms with Gasteiger partial charge in [0.2, 0.25) is 11.9 Å². The van der Waals surface area contributed by atoms with Crippen LogP contribution in [0.2, 0.25) is 0 Å². The first-order chi connectivity index (χ1) is 17.3. The van der Waals surface area contributed by atoms with Gasteiger partial charge in [-0.3, -0.25) is 4.79 Å². The normalized spacial score (nSPS) is 10.9. The van der Waals surface area contributed by atoms with Crippen molar-refractivity contribution in [2.24, 2.45) is 0 Å². The Labute approximate surface area is 212 Å². The van der Waals surface area contributed by atoms with E-state index in [1.165, 1.54) is 30.5 Å². The number of carbonyl (C=O) groups excluding carboxylic acids is 1. The first-order valence-corrected chi connectivity index (χ1v) is 13.1. The summed E-state index contributed by atoms with van der Waals surface area (Å²) in [6.45, 7) is 1.73. The lowest BCUT2D eigenvalue weighted by atomic mass is 10.1. The summed E-state index contributed by atoms with van der Waals surface area (Å²) < 4.78 is 27.5. The summed E-state index contributed by atoms with van der Waals surface area (Å²) in [6.07, 6.45) is 1.46. The van der Waals surface area contributed by atoms with Crippen molar-refractivity contribution >= 4 is 39.3 Å². The van der Waals surface area contributed by atoms with E-state index in [0.29, 0.717) is 27.7 Å². The molecular formula is C25H20N6O3S2. The van der Waals surface area contributed by atoms with Crippen LogP contribution in [0.4, 0.5) is 11.6 Å². The fourth-order valence-electron chi connectivity index (χ4n) is 3.13. The van der Waals surface area contributed by atoms with E-state index in [1.807, 2.05) is 30.3 Å². The number of pyridine rings is 1. The molecule has 0 bridgehead atoms. The number of rotatable bonds is 8. The summed E-state index contributed by atoms with van der Waals surface area (Å²) in [5.41, 5.74) is 3.05. The van der Waals surface area contributed by atoms with Gasteiger partial charge in [0.1, 0.15) is 11.1 Å². The van der Waals surface area contributed by atoms with Gasteiger partial charge in [0.25, 0.3) is 10.0 Å². The quantitative estimate of drug-likeness (QED) is 0.332. The minimum Gasteiger partial charge on any atom is -0.325 e. The summed E-state index contributed by atoms with van der Waals surface area (Å²) in [5, 5.41) is 12.6. The Morgan fingerprint density at radius 1 is 1.00 bits per heavy atom. The number of anilines is 2. The summed E-state index contributed by atoms with van der Waals surface area (Å²) in [7, 11) is -3.89. The molecule has 0 aliphatic heterocycles. The molecule has 11 heteroatoms. The van der Waals surface area contributed by atoms with E-state index in [9.17, 15) is 18.5 Å². The molecule has 2 aromatic carbocycles. The Hall–Kier alpha value is -4.27. The van der Waals surface area contributed by atoms with E-state index < -0.39 is 10.0 Å². The number of amides is 1. The van der Waals surface area contributed by atoms with E-state index >= 15 is 0 Å². The number of nitriles is 1.